The normalized spacial score (nSPS) is 11.3. The van der Waals surface area contributed by atoms with Crippen molar-refractivity contribution in [2.45, 2.75) is 26.3 Å². The first-order valence-corrected chi connectivity index (χ1v) is 12.0. The number of hydrogen-bond donors (Lipinski definition) is 2. The van der Waals surface area contributed by atoms with E-state index < -0.39 is 5.97 Å². The number of hydrogen-bond acceptors (Lipinski definition) is 7. The third-order valence-electron chi connectivity index (χ3n) is 5.70. The monoisotopic (exact) mass is 568 g/mol. The molecule has 5 aromatic rings. The molecule has 36 heavy (non-hydrogen) atoms. The molecule has 3 heterocycles. The summed E-state index contributed by atoms with van der Waals surface area (Å²) in [5.74, 6) is 0.271. The molecule has 0 spiro atoms. The van der Waals surface area contributed by atoms with E-state index in [9.17, 15) is 14.7 Å². The summed E-state index contributed by atoms with van der Waals surface area (Å²) in [4.78, 5) is 27.6. The maximum atomic E-state index is 11.9. The highest BCUT2D eigenvalue weighted by molar-refractivity contribution is 9.10. The predicted molar refractivity (Wildman–Crippen MR) is 135 cm³/mol. The van der Waals surface area contributed by atoms with Crippen molar-refractivity contribution in [3.8, 4) is 22.7 Å². The minimum Gasteiger partial charge on any atom is -0.476 e. The molecular weight excluding hydrogens is 552 g/mol. The molecular formula is C24H18BrClN6O4. The number of aromatic nitrogens is 6. The number of rotatable bonds is 8. The molecule has 0 radical (unpaired) electrons. The molecule has 0 bridgehead atoms. The molecule has 0 amide bonds. The van der Waals surface area contributed by atoms with E-state index >= 15 is 0 Å². The van der Waals surface area contributed by atoms with Crippen molar-refractivity contribution >= 4 is 50.3 Å². The van der Waals surface area contributed by atoms with Gasteiger partial charge in [0.2, 0.25) is 5.82 Å². The standard InChI is InChI=1S/C24H18BrClN6O4/c1-12(33)6-9-18-27-22(26)20(24(34)35)32(18)11-13-7-8-17-16(10-13)19(25)21(36-17)14-4-2-3-5-15(14)23-28-30-31-29-23/h2-5,7-8,10H,6,9,11H2,1H3,(H,34,35)(H,28,29,30,31). The number of nitrogens with zero attached hydrogens (tertiary/aromatic N) is 5. The lowest BCUT2D eigenvalue weighted by Crippen LogP contribution is -2.13. The van der Waals surface area contributed by atoms with Gasteiger partial charge in [0.15, 0.2) is 10.8 Å². The number of Topliss-reactive ketones (excluding diaryl/α,β-unsaturated/α-hetero) is 1. The molecule has 10 nitrogen and oxygen atoms in total. The Kier molecular flexibility index (Phi) is 6.42. The number of aromatic amines is 1. The number of ketones is 1. The Morgan fingerprint density at radius 1 is 1.19 bits per heavy atom. The number of carboxylic acid groups (broad SMARTS) is 1. The highest BCUT2D eigenvalue weighted by atomic mass is 79.9. The quantitative estimate of drug-likeness (QED) is 0.261. The maximum Gasteiger partial charge on any atom is 0.355 e. The molecule has 2 N–H and O–H groups in total. The van der Waals surface area contributed by atoms with Crippen molar-refractivity contribution in [2.24, 2.45) is 0 Å². The van der Waals surface area contributed by atoms with E-state index in [1.165, 1.54) is 11.5 Å². The smallest absolute Gasteiger partial charge is 0.355 e. The average Bonchev–Trinajstić information content (AvgIpc) is 3.56. The lowest BCUT2D eigenvalue weighted by atomic mass is 10.0. The van der Waals surface area contributed by atoms with Crippen LogP contribution in [0.2, 0.25) is 5.15 Å². The van der Waals surface area contributed by atoms with Crippen molar-refractivity contribution in [3.05, 3.63) is 69.2 Å². The van der Waals surface area contributed by atoms with Crippen LogP contribution >= 0.6 is 27.5 Å². The Bertz CT molecular complexity index is 1610. The van der Waals surface area contributed by atoms with Crippen molar-refractivity contribution in [3.63, 3.8) is 0 Å². The molecule has 12 heteroatoms. The SMILES string of the molecule is CC(=O)CCc1nc(Cl)c(C(=O)O)n1Cc1ccc2oc(-c3ccccc3-c3nn[nH]n3)c(Br)c2c1. The molecule has 0 atom stereocenters. The first kappa shape index (κ1) is 23.9. The largest absolute Gasteiger partial charge is 0.476 e. The van der Waals surface area contributed by atoms with Crippen molar-refractivity contribution in [1.82, 2.24) is 30.2 Å². The predicted octanol–water partition coefficient (Wildman–Crippen LogP) is 5.16. The number of nitrogens with one attached hydrogen (secondary N) is 1. The van der Waals surface area contributed by atoms with Gasteiger partial charge in [0, 0.05) is 35.9 Å². The molecule has 3 aromatic heterocycles. The molecule has 0 saturated heterocycles. The zero-order valence-electron chi connectivity index (χ0n) is 18.8. The van der Waals surface area contributed by atoms with Crippen LogP contribution in [0.3, 0.4) is 0 Å². The minimum absolute atomic E-state index is 0.0186. The number of imidazole rings is 1. The number of fused-ring (bicyclic) bond motifs is 1. The van der Waals surface area contributed by atoms with Crippen LogP contribution in [0.5, 0.6) is 0 Å². The van der Waals surface area contributed by atoms with Gasteiger partial charge in [-0.3, -0.25) is 0 Å². The molecule has 0 fully saturated rings. The second-order valence-corrected chi connectivity index (χ2v) is 9.27. The van der Waals surface area contributed by atoms with Crippen LogP contribution in [0.15, 0.2) is 51.4 Å². The number of carboxylic acids is 1. The number of H-pyrrole nitrogens is 1. The Morgan fingerprint density at radius 3 is 2.67 bits per heavy atom. The summed E-state index contributed by atoms with van der Waals surface area (Å²) in [7, 11) is 0. The van der Waals surface area contributed by atoms with Crippen molar-refractivity contribution in [1.29, 1.82) is 0 Å². The summed E-state index contributed by atoms with van der Waals surface area (Å²) in [5.41, 5.74) is 2.87. The van der Waals surface area contributed by atoms with Gasteiger partial charge in [0.05, 0.1) is 4.47 Å². The van der Waals surface area contributed by atoms with Crippen LogP contribution in [0.4, 0.5) is 0 Å². The number of aryl methyl sites for hydroxylation is 1. The lowest BCUT2D eigenvalue weighted by Gasteiger charge is -2.10. The third-order valence-corrected chi connectivity index (χ3v) is 6.75. The lowest BCUT2D eigenvalue weighted by molar-refractivity contribution is -0.117. The summed E-state index contributed by atoms with van der Waals surface area (Å²) in [5, 5.41) is 24.7. The second-order valence-electron chi connectivity index (χ2n) is 8.12. The molecule has 0 saturated carbocycles. The highest BCUT2D eigenvalue weighted by Crippen LogP contribution is 2.41. The first-order valence-electron chi connectivity index (χ1n) is 10.8. The van der Waals surface area contributed by atoms with E-state index in [1.54, 1.807) is 0 Å². The van der Waals surface area contributed by atoms with E-state index in [2.05, 4.69) is 41.5 Å². The Morgan fingerprint density at radius 2 is 1.97 bits per heavy atom. The summed E-state index contributed by atoms with van der Waals surface area (Å²) in [6.45, 7) is 1.68. The fourth-order valence-corrected chi connectivity index (χ4v) is 4.93. The van der Waals surface area contributed by atoms with Gasteiger partial charge in [-0.15, -0.1) is 10.2 Å². The van der Waals surface area contributed by atoms with Gasteiger partial charge in [0.1, 0.15) is 23.0 Å². The highest BCUT2D eigenvalue weighted by Gasteiger charge is 2.23. The number of aromatic carboxylic acids is 1. The zero-order valence-corrected chi connectivity index (χ0v) is 21.2. The maximum absolute atomic E-state index is 11.9. The Balaban J connectivity index is 1.56. The van der Waals surface area contributed by atoms with E-state index in [-0.39, 0.29) is 36.0 Å². The van der Waals surface area contributed by atoms with Gasteiger partial charge < -0.3 is 18.9 Å². The van der Waals surface area contributed by atoms with Gasteiger partial charge in [-0.25, -0.2) is 9.78 Å². The van der Waals surface area contributed by atoms with Crippen LogP contribution in [0.1, 0.15) is 35.2 Å². The summed E-state index contributed by atoms with van der Waals surface area (Å²) in [6, 6.07) is 13.1. The molecule has 182 valence electrons. The van der Waals surface area contributed by atoms with E-state index in [0.29, 0.717) is 23.0 Å². The van der Waals surface area contributed by atoms with Gasteiger partial charge in [-0.05, 0) is 45.8 Å². The summed E-state index contributed by atoms with van der Waals surface area (Å²) in [6.07, 6.45) is 0.527. The molecule has 0 aliphatic heterocycles. The van der Waals surface area contributed by atoms with Crippen molar-refractivity contribution in [2.75, 3.05) is 0 Å². The van der Waals surface area contributed by atoms with Gasteiger partial charge in [0.25, 0.3) is 0 Å². The summed E-state index contributed by atoms with van der Waals surface area (Å²) >= 11 is 9.81. The first-order chi connectivity index (χ1) is 17.3. The van der Waals surface area contributed by atoms with Crippen molar-refractivity contribution < 1.29 is 19.1 Å². The average molecular weight is 570 g/mol. The van der Waals surface area contributed by atoms with Gasteiger partial charge in [-0.2, -0.15) is 5.21 Å². The fraction of sp³-hybridized carbons (Fsp3) is 0.167. The third kappa shape index (κ3) is 4.42. The molecule has 0 unspecified atom stereocenters. The van der Waals surface area contributed by atoms with Crippen LogP contribution < -0.4 is 0 Å². The van der Waals surface area contributed by atoms with E-state index in [4.69, 9.17) is 16.0 Å². The van der Waals surface area contributed by atoms with Gasteiger partial charge in [-0.1, -0.05) is 41.9 Å². The van der Waals surface area contributed by atoms with Crippen LogP contribution in [-0.4, -0.2) is 47.0 Å². The number of halogens is 2. The number of furan rings is 1. The number of carbonyl (C=O) groups excluding carboxylic acids is 1. The molecule has 2 aromatic carbocycles. The van der Waals surface area contributed by atoms with Crippen LogP contribution in [0, 0.1) is 0 Å². The van der Waals surface area contributed by atoms with Gasteiger partial charge >= 0.3 is 5.97 Å². The van der Waals surface area contributed by atoms with Crippen LogP contribution in [-0.2, 0) is 17.8 Å². The summed E-state index contributed by atoms with van der Waals surface area (Å²) < 4.78 is 8.45. The Hall–Kier alpha value is -3.83. The van der Waals surface area contributed by atoms with Crippen LogP contribution in [0.25, 0.3) is 33.7 Å². The minimum atomic E-state index is -1.19. The fourth-order valence-electron chi connectivity index (χ4n) is 4.04. The number of tetrazole rings is 1. The Labute approximate surface area is 217 Å². The second kappa shape index (κ2) is 9.67. The number of benzene rings is 2. The molecule has 0 aliphatic carbocycles. The van der Waals surface area contributed by atoms with E-state index in [0.717, 1.165) is 26.5 Å². The zero-order chi connectivity index (χ0) is 25.4. The number of carbonyl (C=O) groups is 2. The topological polar surface area (TPSA) is 140 Å². The molecule has 0 aliphatic rings. The van der Waals surface area contributed by atoms with E-state index in [1.807, 2.05) is 42.5 Å². The molecule has 5 rings (SSSR count).